The van der Waals surface area contributed by atoms with Crippen molar-refractivity contribution in [1.29, 1.82) is 0 Å². The van der Waals surface area contributed by atoms with Crippen molar-refractivity contribution in [2.24, 2.45) is 5.92 Å². The second-order valence-corrected chi connectivity index (χ2v) is 8.13. The quantitative estimate of drug-likeness (QED) is 0.465. The summed E-state index contributed by atoms with van der Waals surface area (Å²) >= 11 is 0. The molecule has 2 aromatic rings. The molecular weight excluding hydrogens is 456 g/mol. The molecule has 0 bridgehead atoms. The van der Waals surface area contributed by atoms with E-state index in [0.717, 1.165) is 29.8 Å². The number of likely N-dealkylation sites (N-methyl/N-ethyl adjacent to an activating group) is 1. The Morgan fingerprint density at radius 1 is 1.00 bits per heavy atom. The van der Waals surface area contributed by atoms with E-state index < -0.39 is 42.0 Å². The molecule has 182 valence electrons. The van der Waals surface area contributed by atoms with E-state index >= 15 is 0 Å². The Hall–Kier alpha value is -3.43. The number of benzene rings is 2. The highest BCUT2D eigenvalue weighted by Crippen LogP contribution is 2.29. The van der Waals surface area contributed by atoms with Crippen LogP contribution in [0.1, 0.15) is 34.3 Å². The molecule has 1 aliphatic heterocycles. The predicted octanol–water partition coefficient (Wildman–Crippen LogP) is 3.90. The third-order valence-corrected chi connectivity index (χ3v) is 5.67. The van der Waals surface area contributed by atoms with Crippen LogP contribution in [0.25, 0.3) is 0 Å². The summed E-state index contributed by atoms with van der Waals surface area (Å²) in [7, 11) is 1.55. The van der Waals surface area contributed by atoms with Crippen molar-refractivity contribution < 1.29 is 36.7 Å². The topological polar surface area (TPSA) is 66.9 Å². The van der Waals surface area contributed by atoms with Gasteiger partial charge in [0, 0.05) is 32.2 Å². The SMILES string of the molecule is CN(Cc1ccc(F)cc1)C(=O)COC(=O)C1CCN(C(=O)c2ccc(C(F)(F)F)cc2)CC1. The lowest BCUT2D eigenvalue weighted by molar-refractivity contribution is -0.156. The number of alkyl halides is 3. The first-order chi connectivity index (χ1) is 16.0. The monoisotopic (exact) mass is 480 g/mol. The predicted molar refractivity (Wildman–Crippen MR) is 114 cm³/mol. The molecule has 1 fully saturated rings. The van der Waals surface area contributed by atoms with Gasteiger partial charge in [0.25, 0.3) is 11.8 Å². The van der Waals surface area contributed by atoms with Gasteiger partial charge in [-0.1, -0.05) is 12.1 Å². The molecule has 1 aliphatic rings. The summed E-state index contributed by atoms with van der Waals surface area (Å²) in [5, 5.41) is 0. The molecule has 10 heteroatoms. The van der Waals surface area contributed by atoms with E-state index in [-0.39, 0.29) is 31.0 Å². The number of carbonyl (C=O) groups excluding carboxylic acids is 3. The van der Waals surface area contributed by atoms with Crippen LogP contribution in [0.2, 0.25) is 0 Å². The molecule has 0 N–H and O–H groups in total. The zero-order chi connectivity index (χ0) is 24.9. The number of amides is 2. The van der Waals surface area contributed by atoms with Crippen molar-refractivity contribution in [2.45, 2.75) is 25.6 Å². The highest BCUT2D eigenvalue weighted by molar-refractivity contribution is 5.94. The van der Waals surface area contributed by atoms with Crippen LogP contribution >= 0.6 is 0 Å². The van der Waals surface area contributed by atoms with E-state index in [1.165, 1.54) is 21.9 Å². The fourth-order valence-electron chi connectivity index (χ4n) is 3.62. The minimum absolute atomic E-state index is 0.142. The van der Waals surface area contributed by atoms with Gasteiger partial charge in [-0.25, -0.2) is 4.39 Å². The molecule has 0 saturated carbocycles. The van der Waals surface area contributed by atoms with Gasteiger partial charge in [0.1, 0.15) is 5.82 Å². The Morgan fingerprint density at radius 2 is 1.59 bits per heavy atom. The van der Waals surface area contributed by atoms with Crippen molar-refractivity contribution in [3.8, 4) is 0 Å². The fourth-order valence-corrected chi connectivity index (χ4v) is 3.62. The molecule has 0 spiro atoms. The normalized spacial score (nSPS) is 14.6. The Kier molecular flexibility index (Phi) is 7.90. The number of esters is 1. The van der Waals surface area contributed by atoms with Crippen LogP contribution in [0.5, 0.6) is 0 Å². The summed E-state index contributed by atoms with van der Waals surface area (Å²) in [4.78, 5) is 40.0. The highest BCUT2D eigenvalue weighted by atomic mass is 19.4. The number of rotatable bonds is 6. The lowest BCUT2D eigenvalue weighted by Gasteiger charge is -2.31. The average Bonchev–Trinajstić information content (AvgIpc) is 2.83. The van der Waals surface area contributed by atoms with Gasteiger partial charge in [-0.3, -0.25) is 14.4 Å². The molecule has 6 nitrogen and oxygen atoms in total. The molecule has 2 amide bonds. The third-order valence-electron chi connectivity index (χ3n) is 5.67. The van der Waals surface area contributed by atoms with Gasteiger partial charge in [-0.15, -0.1) is 0 Å². The molecule has 34 heavy (non-hydrogen) atoms. The first kappa shape index (κ1) is 25.2. The second kappa shape index (κ2) is 10.7. The molecular formula is C24H24F4N2O4. The van der Waals surface area contributed by atoms with Gasteiger partial charge in [-0.05, 0) is 54.8 Å². The van der Waals surface area contributed by atoms with Crippen molar-refractivity contribution in [2.75, 3.05) is 26.7 Å². The number of hydrogen-bond acceptors (Lipinski definition) is 4. The average molecular weight is 480 g/mol. The Balaban J connectivity index is 1.43. The van der Waals surface area contributed by atoms with Crippen molar-refractivity contribution in [3.63, 3.8) is 0 Å². The Bertz CT molecular complexity index is 1010. The number of halogens is 4. The minimum atomic E-state index is -4.47. The van der Waals surface area contributed by atoms with Gasteiger partial charge in [0.2, 0.25) is 0 Å². The van der Waals surface area contributed by atoms with Gasteiger partial charge < -0.3 is 14.5 Å². The maximum absolute atomic E-state index is 13.0. The van der Waals surface area contributed by atoms with Crippen molar-refractivity contribution >= 4 is 17.8 Å². The molecule has 0 aromatic heterocycles. The van der Waals surface area contributed by atoms with Crippen LogP contribution in [0.3, 0.4) is 0 Å². The maximum atomic E-state index is 13.0. The van der Waals surface area contributed by atoms with Crippen LogP contribution in [0.4, 0.5) is 17.6 Å². The van der Waals surface area contributed by atoms with Crippen molar-refractivity contribution in [1.82, 2.24) is 9.80 Å². The molecule has 0 unspecified atom stereocenters. The highest BCUT2D eigenvalue weighted by Gasteiger charge is 2.32. The Labute approximate surface area is 194 Å². The van der Waals surface area contributed by atoms with Crippen LogP contribution in [-0.2, 0) is 27.0 Å². The van der Waals surface area contributed by atoms with E-state index in [4.69, 9.17) is 4.74 Å². The van der Waals surface area contributed by atoms with Gasteiger partial charge in [-0.2, -0.15) is 13.2 Å². The summed E-state index contributed by atoms with van der Waals surface area (Å²) in [6, 6.07) is 9.71. The van der Waals surface area contributed by atoms with Crippen LogP contribution in [-0.4, -0.2) is 54.3 Å². The fraction of sp³-hybridized carbons (Fsp3) is 0.375. The number of nitrogens with zero attached hydrogens (tertiary/aromatic N) is 2. The number of piperidine rings is 1. The second-order valence-electron chi connectivity index (χ2n) is 8.13. The van der Waals surface area contributed by atoms with E-state index in [2.05, 4.69) is 0 Å². The standard InChI is InChI=1S/C24H24F4N2O4/c1-29(14-16-2-8-20(25)9-3-16)21(31)15-34-23(33)18-10-12-30(13-11-18)22(32)17-4-6-19(7-5-17)24(26,27)28/h2-9,18H,10-15H2,1H3. The minimum Gasteiger partial charge on any atom is -0.455 e. The molecule has 3 rings (SSSR count). The first-order valence-electron chi connectivity index (χ1n) is 10.7. The van der Waals surface area contributed by atoms with Crippen molar-refractivity contribution in [3.05, 3.63) is 71.0 Å². The zero-order valence-electron chi connectivity index (χ0n) is 18.5. The molecule has 0 aliphatic carbocycles. The lowest BCUT2D eigenvalue weighted by atomic mass is 9.96. The summed E-state index contributed by atoms with van der Waals surface area (Å²) in [5.41, 5.74) is 0.0424. The lowest BCUT2D eigenvalue weighted by Crippen LogP contribution is -2.41. The van der Waals surface area contributed by atoms with E-state index in [0.29, 0.717) is 12.8 Å². The third kappa shape index (κ3) is 6.55. The number of ether oxygens (including phenoxy) is 1. The maximum Gasteiger partial charge on any atom is 0.416 e. The first-order valence-corrected chi connectivity index (χ1v) is 10.7. The number of carbonyl (C=O) groups is 3. The smallest absolute Gasteiger partial charge is 0.416 e. The van der Waals surface area contributed by atoms with Crippen LogP contribution in [0.15, 0.2) is 48.5 Å². The molecule has 0 atom stereocenters. The van der Waals surface area contributed by atoms with Gasteiger partial charge in [0.15, 0.2) is 6.61 Å². The Morgan fingerprint density at radius 3 is 2.15 bits per heavy atom. The van der Waals surface area contributed by atoms with E-state index in [1.807, 2.05) is 0 Å². The van der Waals surface area contributed by atoms with Gasteiger partial charge in [0.05, 0.1) is 11.5 Å². The summed E-state index contributed by atoms with van der Waals surface area (Å²) in [6.45, 7) is 0.304. The molecule has 1 saturated heterocycles. The van der Waals surface area contributed by atoms with Gasteiger partial charge >= 0.3 is 12.1 Å². The molecule has 2 aromatic carbocycles. The van der Waals surface area contributed by atoms with E-state index in [9.17, 15) is 31.9 Å². The van der Waals surface area contributed by atoms with Crippen LogP contribution < -0.4 is 0 Å². The molecule has 0 radical (unpaired) electrons. The van der Waals surface area contributed by atoms with E-state index in [1.54, 1.807) is 19.2 Å². The summed E-state index contributed by atoms with van der Waals surface area (Å²) in [6.07, 6.45) is -3.83. The number of hydrogen-bond donors (Lipinski definition) is 0. The zero-order valence-corrected chi connectivity index (χ0v) is 18.5. The summed E-state index contributed by atoms with van der Waals surface area (Å²) in [5.74, 6) is -2.21. The largest absolute Gasteiger partial charge is 0.455 e. The van der Waals surface area contributed by atoms with Crippen LogP contribution in [0, 0.1) is 11.7 Å². The number of likely N-dealkylation sites (tertiary alicyclic amines) is 1. The summed E-state index contributed by atoms with van der Waals surface area (Å²) < 4.78 is 56.2. The molecule has 1 heterocycles.